The van der Waals surface area contributed by atoms with Gasteiger partial charge in [0.15, 0.2) is 0 Å². The molecule has 1 unspecified atom stereocenters. The predicted molar refractivity (Wildman–Crippen MR) is 116 cm³/mol. The number of benzene rings is 1. The van der Waals surface area contributed by atoms with E-state index in [1.165, 1.54) is 11.0 Å². The highest BCUT2D eigenvalue weighted by Crippen LogP contribution is 2.36. The summed E-state index contributed by atoms with van der Waals surface area (Å²) in [5, 5.41) is 9.54. The monoisotopic (exact) mass is 448 g/mol. The van der Waals surface area contributed by atoms with Gasteiger partial charge in [0.1, 0.15) is 5.75 Å². The number of halogens is 3. The van der Waals surface area contributed by atoms with Crippen LogP contribution < -0.4 is 4.74 Å². The minimum Gasteiger partial charge on any atom is -0.465 e. The molecule has 1 atom stereocenters. The molecule has 1 aromatic heterocycles. The van der Waals surface area contributed by atoms with Crippen molar-refractivity contribution >= 4 is 12.2 Å². The number of aromatic nitrogens is 1. The molecule has 172 valence electrons. The molecule has 1 aliphatic rings. The van der Waals surface area contributed by atoms with Gasteiger partial charge in [-0.2, -0.15) is 13.2 Å². The van der Waals surface area contributed by atoms with Gasteiger partial charge in [-0.15, -0.1) is 0 Å². The average Bonchev–Trinajstić information content (AvgIpc) is 2.69. The van der Waals surface area contributed by atoms with E-state index in [-0.39, 0.29) is 17.3 Å². The van der Waals surface area contributed by atoms with Crippen LogP contribution in [0.25, 0.3) is 6.08 Å². The number of pyridine rings is 1. The van der Waals surface area contributed by atoms with Gasteiger partial charge in [-0.05, 0) is 48.4 Å². The number of ether oxygens (including phenoxy) is 1. The lowest BCUT2D eigenvalue weighted by atomic mass is 9.79. The fourth-order valence-corrected chi connectivity index (χ4v) is 3.79. The van der Waals surface area contributed by atoms with Crippen LogP contribution in [0, 0.1) is 12.3 Å². The van der Waals surface area contributed by atoms with E-state index < -0.39 is 17.8 Å². The molecule has 2 aromatic rings. The average molecular weight is 448 g/mol. The number of carbonyl (C=O) groups is 1. The van der Waals surface area contributed by atoms with Crippen molar-refractivity contribution in [2.45, 2.75) is 52.8 Å². The molecule has 8 heteroatoms. The molecule has 32 heavy (non-hydrogen) atoms. The van der Waals surface area contributed by atoms with Crippen molar-refractivity contribution in [1.29, 1.82) is 0 Å². The topological polar surface area (TPSA) is 62.7 Å². The molecule has 0 radical (unpaired) electrons. The Morgan fingerprint density at radius 2 is 1.94 bits per heavy atom. The van der Waals surface area contributed by atoms with Crippen LogP contribution in [-0.4, -0.2) is 33.7 Å². The van der Waals surface area contributed by atoms with Crippen molar-refractivity contribution in [2.24, 2.45) is 5.41 Å². The van der Waals surface area contributed by atoms with Gasteiger partial charge >= 0.3 is 12.3 Å². The molecule has 1 amide bonds. The molecule has 1 aromatic carbocycles. The Bertz CT molecular complexity index is 1010. The molecule has 1 N–H and O–H groups in total. The van der Waals surface area contributed by atoms with Crippen LogP contribution in [0.15, 0.2) is 42.1 Å². The van der Waals surface area contributed by atoms with Crippen molar-refractivity contribution in [3.05, 3.63) is 58.8 Å². The lowest BCUT2D eigenvalue weighted by Gasteiger charge is -2.42. The van der Waals surface area contributed by atoms with E-state index in [0.717, 1.165) is 29.0 Å². The molecular weight excluding hydrogens is 421 g/mol. The Morgan fingerprint density at radius 1 is 1.22 bits per heavy atom. The normalized spacial score (nSPS) is 18.7. The number of nitrogens with zero attached hydrogens (tertiary/aromatic N) is 2. The fraction of sp³-hybridized carbons (Fsp3) is 0.417. The van der Waals surface area contributed by atoms with Crippen molar-refractivity contribution in [3.8, 4) is 11.6 Å². The van der Waals surface area contributed by atoms with Gasteiger partial charge in [0, 0.05) is 24.8 Å². The first kappa shape index (κ1) is 23.6. The van der Waals surface area contributed by atoms with E-state index in [4.69, 9.17) is 4.74 Å². The van der Waals surface area contributed by atoms with Gasteiger partial charge in [-0.3, -0.25) is 0 Å². The summed E-state index contributed by atoms with van der Waals surface area (Å²) < 4.78 is 43.9. The minimum atomic E-state index is -4.45. The smallest absolute Gasteiger partial charge is 0.417 e. The van der Waals surface area contributed by atoms with Gasteiger partial charge in [0.25, 0.3) is 0 Å². The molecule has 5 nitrogen and oxygen atoms in total. The number of hydrogen-bond donors (Lipinski definition) is 1. The molecular formula is C24H27F3N2O3. The van der Waals surface area contributed by atoms with Gasteiger partial charge in [-0.1, -0.05) is 44.6 Å². The zero-order valence-electron chi connectivity index (χ0n) is 18.5. The Hall–Kier alpha value is -3.03. The van der Waals surface area contributed by atoms with Gasteiger partial charge in [0.05, 0.1) is 5.56 Å². The molecule has 1 aliphatic heterocycles. The number of aryl methyl sites for hydroxylation is 1. The Labute approximate surface area is 185 Å². The highest BCUT2D eigenvalue weighted by molar-refractivity contribution is 5.66. The standard InChI is InChI=1S/C24H27F3N2O3/c1-15-5-6-16(11-17-9-10-29(22(30)31)20(13-17)23(2,3)4)12-19(15)32-21-8-7-18(14-28-21)24(25,26)27/h5-8,11-12,14,20H,9-10,13H2,1-4H3,(H,30,31). The summed E-state index contributed by atoms with van der Waals surface area (Å²) in [5.74, 6) is 0.579. The van der Waals surface area contributed by atoms with Crippen molar-refractivity contribution < 1.29 is 27.8 Å². The number of likely N-dealkylation sites (tertiary alicyclic amines) is 1. The van der Waals surface area contributed by atoms with Crippen LogP contribution in [0.3, 0.4) is 0 Å². The fourth-order valence-electron chi connectivity index (χ4n) is 3.79. The molecule has 0 saturated carbocycles. The van der Waals surface area contributed by atoms with Crippen LogP contribution in [-0.2, 0) is 6.18 Å². The molecule has 0 spiro atoms. The van der Waals surface area contributed by atoms with Gasteiger partial charge in [0.2, 0.25) is 5.88 Å². The molecule has 0 aliphatic carbocycles. The molecule has 2 heterocycles. The lowest BCUT2D eigenvalue weighted by molar-refractivity contribution is -0.137. The van der Waals surface area contributed by atoms with E-state index in [1.54, 1.807) is 0 Å². The number of hydrogen-bond acceptors (Lipinski definition) is 3. The molecule has 1 saturated heterocycles. The summed E-state index contributed by atoms with van der Waals surface area (Å²) in [6, 6.07) is 7.63. The third-order valence-electron chi connectivity index (χ3n) is 5.61. The first-order valence-corrected chi connectivity index (χ1v) is 10.4. The Kier molecular flexibility index (Phi) is 6.53. The van der Waals surface area contributed by atoms with E-state index in [1.807, 2.05) is 52.0 Å². The van der Waals surface area contributed by atoms with Crippen molar-refractivity contribution in [1.82, 2.24) is 9.88 Å². The second-order valence-electron chi connectivity index (χ2n) is 9.12. The largest absolute Gasteiger partial charge is 0.465 e. The van der Waals surface area contributed by atoms with Crippen LogP contribution in [0.1, 0.15) is 50.3 Å². The maximum Gasteiger partial charge on any atom is 0.417 e. The van der Waals surface area contributed by atoms with Crippen LogP contribution in [0.5, 0.6) is 11.6 Å². The zero-order chi connectivity index (χ0) is 23.7. The highest BCUT2D eigenvalue weighted by atomic mass is 19.4. The summed E-state index contributed by atoms with van der Waals surface area (Å²) in [6.45, 7) is 8.38. The summed E-state index contributed by atoms with van der Waals surface area (Å²) in [6.07, 6.45) is -1.29. The zero-order valence-corrected chi connectivity index (χ0v) is 18.5. The van der Waals surface area contributed by atoms with Gasteiger partial charge < -0.3 is 14.7 Å². The minimum absolute atomic E-state index is 0.0773. The summed E-state index contributed by atoms with van der Waals surface area (Å²) in [4.78, 5) is 16.9. The van der Waals surface area contributed by atoms with E-state index in [9.17, 15) is 23.1 Å². The Balaban J connectivity index is 1.81. The molecule has 1 fully saturated rings. The third kappa shape index (κ3) is 5.60. The Morgan fingerprint density at radius 3 is 2.50 bits per heavy atom. The quantitative estimate of drug-likeness (QED) is 0.563. The van der Waals surface area contributed by atoms with Gasteiger partial charge in [-0.25, -0.2) is 9.78 Å². The van der Waals surface area contributed by atoms with Crippen molar-refractivity contribution in [2.75, 3.05) is 6.54 Å². The summed E-state index contributed by atoms with van der Waals surface area (Å²) in [7, 11) is 0. The van der Waals surface area contributed by atoms with Crippen LogP contribution in [0.2, 0.25) is 0 Å². The van der Waals surface area contributed by atoms with Crippen molar-refractivity contribution in [3.63, 3.8) is 0 Å². The number of piperidine rings is 1. The van der Waals surface area contributed by atoms with E-state index in [0.29, 0.717) is 25.1 Å². The first-order chi connectivity index (χ1) is 14.8. The highest BCUT2D eigenvalue weighted by Gasteiger charge is 2.36. The second-order valence-corrected chi connectivity index (χ2v) is 9.12. The number of amides is 1. The number of alkyl halides is 3. The third-order valence-corrected chi connectivity index (χ3v) is 5.61. The number of carboxylic acid groups (broad SMARTS) is 1. The van der Waals surface area contributed by atoms with E-state index >= 15 is 0 Å². The molecule has 3 rings (SSSR count). The second kappa shape index (κ2) is 8.84. The lowest BCUT2D eigenvalue weighted by Crippen LogP contribution is -2.50. The maximum atomic E-state index is 12.7. The number of rotatable bonds is 3. The summed E-state index contributed by atoms with van der Waals surface area (Å²) in [5.41, 5.74) is 1.81. The first-order valence-electron chi connectivity index (χ1n) is 10.4. The molecule has 0 bridgehead atoms. The van der Waals surface area contributed by atoms with Crippen LogP contribution in [0.4, 0.5) is 18.0 Å². The summed E-state index contributed by atoms with van der Waals surface area (Å²) >= 11 is 0. The van der Waals surface area contributed by atoms with Crippen LogP contribution >= 0.6 is 0 Å². The maximum absolute atomic E-state index is 12.7. The SMILES string of the molecule is Cc1ccc(C=C2CCN(C(=O)O)C(C(C)(C)C)C2)cc1Oc1ccc(C(F)(F)F)cn1. The van der Waals surface area contributed by atoms with E-state index in [2.05, 4.69) is 4.98 Å². The predicted octanol–water partition coefficient (Wildman–Crippen LogP) is 6.77.